The first-order chi connectivity index (χ1) is 6.29. The summed E-state index contributed by atoms with van der Waals surface area (Å²) in [4.78, 5) is 11.0. The van der Waals surface area contributed by atoms with E-state index in [0.717, 1.165) is 0 Å². The molecule has 62 valence electrons. The Bertz CT molecular complexity index is 410. The van der Waals surface area contributed by atoms with E-state index in [-0.39, 0.29) is 6.42 Å². The monoisotopic (exact) mass is 170 g/mol. The standard InChI is InChI=1S/C10H6N2O/c11-6-5-8-3-1-2-4-9(8)10(13)7-12/h1-4H,5H2. The molecule has 0 spiro atoms. The van der Waals surface area contributed by atoms with Gasteiger partial charge in [-0.3, -0.25) is 4.79 Å². The molecule has 0 fully saturated rings. The molecular weight excluding hydrogens is 164 g/mol. The van der Waals surface area contributed by atoms with Gasteiger partial charge in [0.05, 0.1) is 12.5 Å². The normalized spacial score (nSPS) is 8.46. The zero-order valence-electron chi connectivity index (χ0n) is 6.82. The number of ketones is 1. The molecule has 0 saturated carbocycles. The molecule has 0 aromatic heterocycles. The van der Waals surface area contributed by atoms with Crippen molar-refractivity contribution in [3.8, 4) is 12.1 Å². The summed E-state index contributed by atoms with van der Waals surface area (Å²) in [5.41, 5.74) is 0.933. The maximum Gasteiger partial charge on any atom is 0.262 e. The maximum atomic E-state index is 11.0. The first-order valence-electron chi connectivity index (χ1n) is 3.69. The van der Waals surface area contributed by atoms with Gasteiger partial charge in [0.1, 0.15) is 6.07 Å². The van der Waals surface area contributed by atoms with Crippen molar-refractivity contribution in [1.29, 1.82) is 10.5 Å². The van der Waals surface area contributed by atoms with Crippen LogP contribution < -0.4 is 0 Å². The minimum absolute atomic E-state index is 0.156. The molecule has 0 heterocycles. The van der Waals surface area contributed by atoms with Crippen molar-refractivity contribution >= 4 is 5.78 Å². The van der Waals surface area contributed by atoms with Crippen molar-refractivity contribution < 1.29 is 4.79 Å². The Hall–Kier alpha value is -2.13. The third kappa shape index (κ3) is 1.91. The van der Waals surface area contributed by atoms with Gasteiger partial charge in [-0.1, -0.05) is 18.2 Å². The van der Waals surface area contributed by atoms with Crippen molar-refractivity contribution in [2.24, 2.45) is 0 Å². The van der Waals surface area contributed by atoms with E-state index >= 15 is 0 Å². The second-order valence-electron chi connectivity index (χ2n) is 2.43. The Labute approximate surface area is 75.8 Å². The molecule has 0 atom stereocenters. The fourth-order valence-corrected chi connectivity index (χ4v) is 1.04. The lowest BCUT2D eigenvalue weighted by atomic mass is 10.0. The van der Waals surface area contributed by atoms with E-state index in [1.165, 1.54) is 6.07 Å². The lowest BCUT2D eigenvalue weighted by molar-refractivity contribution is 0.105. The summed E-state index contributed by atoms with van der Waals surface area (Å²) in [6, 6.07) is 10.1. The summed E-state index contributed by atoms with van der Waals surface area (Å²) in [7, 11) is 0. The van der Waals surface area contributed by atoms with Crippen LogP contribution in [0.3, 0.4) is 0 Å². The van der Waals surface area contributed by atoms with Crippen LogP contribution in [0.25, 0.3) is 0 Å². The van der Waals surface area contributed by atoms with Gasteiger partial charge in [-0.25, -0.2) is 0 Å². The van der Waals surface area contributed by atoms with Gasteiger partial charge in [-0.05, 0) is 11.6 Å². The third-order valence-corrected chi connectivity index (χ3v) is 1.63. The first-order valence-corrected chi connectivity index (χ1v) is 3.69. The summed E-state index contributed by atoms with van der Waals surface area (Å²) >= 11 is 0. The number of carbonyl (C=O) groups is 1. The van der Waals surface area contributed by atoms with Crippen LogP contribution in [0.1, 0.15) is 15.9 Å². The Kier molecular flexibility index (Phi) is 2.78. The van der Waals surface area contributed by atoms with Crippen LogP contribution in [0.5, 0.6) is 0 Å². The molecule has 3 nitrogen and oxygen atoms in total. The van der Waals surface area contributed by atoms with Gasteiger partial charge in [-0.15, -0.1) is 0 Å². The highest BCUT2D eigenvalue weighted by atomic mass is 16.1. The highest BCUT2D eigenvalue weighted by molar-refractivity contribution is 6.08. The lowest BCUT2D eigenvalue weighted by Gasteiger charge is -1.99. The van der Waals surface area contributed by atoms with Gasteiger partial charge in [0.15, 0.2) is 0 Å². The van der Waals surface area contributed by atoms with Gasteiger partial charge in [0.25, 0.3) is 5.78 Å². The zero-order valence-corrected chi connectivity index (χ0v) is 6.82. The maximum absolute atomic E-state index is 11.0. The average molecular weight is 170 g/mol. The van der Waals surface area contributed by atoms with Crippen LogP contribution in [0.4, 0.5) is 0 Å². The Morgan fingerprint density at radius 2 is 2.00 bits per heavy atom. The Morgan fingerprint density at radius 3 is 2.62 bits per heavy atom. The average Bonchev–Trinajstić information content (AvgIpc) is 2.18. The molecular formula is C10H6N2O. The van der Waals surface area contributed by atoms with E-state index < -0.39 is 5.78 Å². The number of rotatable bonds is 2. The number of Topliss-reactive ketones (excluding diaryl/α,β-unsaturated/α-hetero) is 1. The largest absolute Gasteiger partial charge is 0.277 e. The zero-order chi connectivity index (χ0) is 9.68. The molecule has 13 heavy (non-hydrogen) atoms. The van der Waals surface area contributed by atoms with Crippen molar-refractivity contribution in [3.63, 3.8) is 0 Å². The summed E-state index contributed by atoms with van der Waals surface area (Å²) in [6.07, 6.45) is 0.156. The van der Waals surface area contributed by atoms with E-state index in [1.54, 1.807) is 24.3 Å². The lowest BCUT2D eigenvalue weighted by Crippen LogP contribution is -1.99. The van der Waals surface area contributed by atoms with Crippen LogP contribution in [0.2, 0.25) is 0 Å². The molecule has 0 amide bonds. The topological polar surface area (TPSA) is 64.7 Å². The number of benzene rings is 1. The molecule has 1 aromatic carbocycles. The number of hydrogen-bond donors (Lipinski definition) is 0. The quantitative estimate of drug-likeness (QED) is 0.498. The molecule has 0 aliphatic carbocycles. The fourth-order valence-electron chi connectivity index (χ4n) is 1.04. The van der Waals surface area contributed by atoms with E-state index in [0.29, 0.717) is 11.1 Å². The number of hydrogen-bond acceptors (Lipinski definition) is 3. The molecule has 0 unspecified atom stereocenters. The second kappa shape index (κ2) is 4.04. The minimum atomic E-state index is -0.592. The van der Waals surface area contributed by atoms with Crippen molar-refractivity contribution in [2.75, 3.05) is 0 Å². The first kappa shape index (κ1) is 8.96. The SMILES string of the molecule is N#CCc1ccccc1C(=O)C#N. The van der Waals surface area contributed by atoms with Crippen molar-refractivity contribution in [3.05, 3.63) is 35.4 Å². The fraction of sp³-hybridized carbons (Fsp3) is 0.100. The molecule has 1 aromatic rings. The molecule has 0 radical (unpaired) electrons. The highest BCUT2D eigenvalue weighted by Gasteiger charge is 2.08. The predicted octanol–water partition coefficient (Wildman–Crippen LogP) is 1.46. The second-order valence-corrected chi connectivity index (χ2v) is 2.43. The summed E-state index contributed by atoms with van der Waals surface area (Å²) in [5, 5.41) is 16.9. The van der Waals surface area contributed by atoms with Gasteiger partial charge in [-0.2, -0.15) is 10.5 Å². The number of carbonyl (C=O) groups excluding carboxylic acids is 1. The van der Waals surface area contributed by atoms with Gasteiger partial charge < -0.3 is 0 Å². The molecule has 0 aliphatic rings. The van der Waals surface area contributed by atoms with Crippen molar-refractivity contribution in [2.45, 2.75) is 6.42 Å². The van der Waals surface area contributed by atoms with Crippen molar-refractivity contribution in [1.82, 2.24) is 0 Å². The summed E-state index contributed by atoms with van der Waals surface area (Å²) < 4.78 is 0. The smallest absolute Gasteiger partial charge is 0.262 e. The van der Waals surface area contributed by atoms with Gasteiger partial charge in [0.2, 0.25) is 0 Å². The molecule has 1 rings (SSSR count). The summed E-state index contributed by atoms with van der Waals surface area (Å²) in [5.74, 6) is -0.592. The van der Waals surface area contributed by atoms with E-state index in [1.807, 2.05) is 6.07 Å². The number of nitriles is 2. The highest BCUT2D eigenvalue weighted by Crippen LogP contribution is 2.09. The molecule has 3 heteroatoms. The molecule has 0 bridgehead atoms. The molecule has 0 saturated heterocycles. The van der Waals surface area contributed by atoms with Gasteiger partial charge in [0, 0.05) is 5.56 Å². The van der Waals surface area contributed by atoms with Gasteiger partial charge >= 0.3 is 0 Å². The van der Waals surface area contributed by atoms with Crippen LogP contribution in [0.15, 0.2) is 24.3 Å². The summed E-state index contributed by atoms with van der Waals surface area (Å²) in [6.45, 7) is 0. The van der Waals surface area contributed by atoms with Crippen LogP contribution >= 0.6 is 0 Å². The van der Waals surface area contributed by atoms with Crippen LogP contribution in [0, 0.1) is 22.7 Å². The van der Waals surface area contributed by atoms with E-state index in [9.17, 15) is 4.79 Å². The van der Waals surface area contributed by atoms with Crippen LogP contribution in [-0.2, 0) is 6.42 Å². The molecule has 0 aliphatic heterocycles. The predicted molar refractivity (Wildman–Crippen MR) is 45.7 cm³/mol. The Balaban J connectivity index is 3.15. The van der Waals surface area contributed by atoms with E-state index in [2.05, 4.69) is 0 Å². The van der Waals surface area contributed by atoms with Crippen LogP contribution in [-0.4, -0.2) is 5.78 Å². The Morgan fingerprint density at radius 1 is 1.31 bits per heavy atom. The third-order valence-electron chi connectivity index (χ3n) is 1.63. The number of nitrogens with zero attached hydrogens (tertiary/aromatic N) is 2. The minimum Gasteiger partial charge on any atom is -0.277 e. The molecule has 0 N–H and O–H groups in total. The van der Waals surface area contributed by atoms with E-state index in [4.69, 9.17) is 10.5 Å².